The minimum absolute atomic E-state index is 0.155. The Labute approximate surface area is 173 Å². The van der Waals surface area contributed by atoms with Crippen molar-refractivity contribution in [1.29, 1.82) is 0 Å². The maximum atomic E-state index is 12.5. The van der Waals surface area contributed by atoms with Crippen molar-refractivity contribution in [2.45, 2.75) is 38.4 Å². The Morgan fingerprint density at radius 2 is 2.00 bits per heavy atom. The minimum Gasteiger partial charge on any atom is -0.465 e. The molecule has 1 unspecified atom stereocenters. The largest absolute Gasteiger partial charge is 0.465 e. The summed E-state index contributed by atoms with van der Waals surface area (Å²) >= 11 is 6.02. The number of halogens is 1. The van der Waals surface area contributed by atoms with Crippen LogP contribution in [0.2, 0.25) is 5.02 Å². The second-order valence-corrected chi connectivity index (χ2v) is 7.80. The van der Waals surface area contributed by atoms with Crippen LogP contribution in [0.15, 0.2) is 47.3 Å². The van der Waals surface area contributed by atoms with Gasteiger partial charge < -0.3 is 9.72 Å². The first-order valence-corrected chi connectivity index (χ1v) is 9.96. The first-order valence-electron chi connectivity index (χ1n) is 9.58. The zero-order valence-electron chi connectivity index (χ0n) is 16.3. The fourth-order valence-electron chi connectivity index (χ4n) is 3.60. The van der Waals surface area contributed by atoms with E-state index in [1.807, 2.05) is 24.3 Å². The molecule has 4 rings (SSSR count). The van der Waals surface area contributed by atoms with E-state index in [1.165, 1.54) is 7.11 Å². The molecule has 0 amide bonds. The Morgan fingerprint density at radius 1 is 1.28 bits per heavy atom. The van der Waals surface area contributed by atoms with Gasteiger partial charge >= 0.3 is 5.97 Å². The van der Waals surface area contributed by atoms with Gasteiger partial charge in [0.25, 0.3) is 5.56 Å². The van der Waals surface area contributed by atoms with E-state index >= 15 is 0 Å². The third-order valence-corrected chi connectivity index (χ3v) is 5.63. The lowest BCUT2D eigenvalue weighted by molar-refractivity contribution is 0.0601. The monoisotopic (exact) mass is 411 g/mol. The average molecular weight is 412 g/mol. The number of aromatic amines is 1. The number of hydrogen-bond acceptors (Lipinski definition) is 5. The van der Waals surface area contributed by atoms with Crippen LogP contribution in [0, 0.1) is 0 Å². The summed E-state index contributed by atoms with van der Waals surface area (Å²) in [5.74, 6) is 0.128. The van der Waals surface area contributed by atoms with Crippen LogP contribution in [-0.4, -0.2) is 34.0 Å². The van der Waals surface area contributed by atoms with E-state index in [2.05, 4.69) is 21.8 Å². The second kappa shape index (κ2) is 7.97. The molecule has 0 saturated heterocycles. The molecule has 1 aliphatic rings. The number of esters is 1. The van der Waals surface area contributed by atoms with Gasteiger partial charge in [-0.25, -0.2) is 9.78 Å². The van der Waals surface area contributed by atoms with Crippen molar-refractivity contribution >= 4 is 28.5 Å². The molecule has 1 saturated carbocycles. The lowest BCUT2D eigenvalue weighted by Gasteiger charge is -2.29. The number of H-pyrrole nitrogens is 1. The van der Waals surface area contributed by atoms with Crippen LogP contribution >= 0.6 is 11.6 Å². The summed E-state index contributed by atoms with van der Waals surface area (Å²) in [4.78, 5) is 34.2. The predicted molar refractivity (Wildman–Crippen MR) is 112 cm³/mol. The Morgan fingerprint density at radius 3 is 2.66 bits per heavy atom. The van der Waals surface area contributed by atoms with E-state index in [4.69, 9.17) is 16.3 Å². The first-order chi connectivity index (χ1) is 14.0. The highest BCUT2D eigenvalue weighted by Crippen LogP contribution is 2.35. The number of methoxy groups -OCH3 is 1. The molecule has 0 radical (unpaired) electrons. The molecule has 1 fully saturated rings. The SMILES string of the molecule is COC(=O)c1ccc2c(=O)[nH]c(CN(C3CC3)C(C)c3ccc(Cl)cc3)nc2c1. The fraction of sp³-hybridized carbons (Fsp3) is 0.318. The van der Waals surface area contributed by atoms with Crippen LogP contribution in [0.5, 0.6) is 0 Å². The van der Waals surface area contributed by atoms with Crippen LogP contribution < -0.4 is 5.56 Å². The maximum absolute atomic E-state index is 12.5. The van der Waals surface area contributed by atoms with Gasteiger partial charge in [0.05, 0.1) is 30.1 Å². The molecule has 1 atom stereocenters. The van der Waals surface area contributed by atoms with Gasteiger partial charge in [-0.1, -0.05) is 23.7 Å². The zero-order valence-corrected chi connectivity index (χ0v) is 17.1. The summed E-state index contributed by atoms with van der Waals surface area (Å²) in [7, 11) is 1.33. The van der Waals surface area contributed by atoms with Gasteiger partial charge in [-0.3, -0.25) is 9.69 Å². The number of nitrogens with one attached hydrogen (secondary N) is 1. The normalized spacial score (nSPS) is 14.9. The third-order valence-electron chi connectivity index (χ3n) is 5.37. The molecule has 1 aromatic heterocycles. The zero-order chi connectivity index (χ0) is 20.5. The average Bonchev–Trinajstić information content (AvgIpc) is 3.56. The Hall–Kier alpha value is -2.70. The van der Waals surface area contributed by atoms with Crippen molar-refractivity contribution in [2.24, 2.45) is 0 Å². The van der Waals surface area contributed by atoms with Gasteiger partial charge in [0, 0.05) is 17.1 Å². The lowest BCUT2D eigenvalue weighted by atomic mass is 10.1. The number of rotatable bonds is 6. The Balaban J connectivity index is 1.66. The van der Waals surface area contributed by atoms with Crippen molar-refractivity contribution in [3.63, 3.8) is 0 Å². The van der Waals surface area contributed by atoms with Crippen molar-refractivity contribution in [2.75, 3.05) is 7.11 Å². The smallest absolute Gasteiger partial charge is 0.337 e. The van der Waals surface area contributed by atoms with Crippen LogP contribution in [0.3, 0.4) is 0 Å². The molecule has 1 heterocycles. The molecule has 1 aliphatic carbocycles. The highest BCUT2D eigenvalue weighted by molar-refractivity contribution is 6.30. The van der Waals surface area contributed by atoms with Crippen LogP contribution in [0.25, 0.3) is 10.9 Å². The van der Waals surface area contributed by atoms with Crippen molar-refractivity contribution in [3.8, 4) is 0 Å². The molecule has 1 N–H and O–H groups in total. The first kappa shape index (κ1) is 19.6. The number of hydrogen-bond donors (Lipinski definition) is 1. The minimum atomic E-state index is -0.452. The summed E-state index contributed by atoms with van der Waals surface area (Å²) in [5.41, 5.74) is 1.81. The number of carbonyl (C=O) groups excluding carboxylic acids is 1. The number of aromatic nitrogens is 2. The number of carbonyl (C=O) groups is 1. The van der Waals surface area contributed by atoms with Gasteiger partial charge in [-0.2, -0.15) is 0 Å². The molecule has 0 bridgehead atoms. The summed E-state index contributed by atoms with van der Waals surface area (Å²) in [6.07, 6.45) is 2.25. The molecule has 2 aromatic carbocycles. The number of ether oxygens (including phenoxy) is 1. The fourth-order valence-corrected chi connectivity index (χ4v) is 3.73. The molecule has 0 aliphatic heterocycles. The van der Waals surface area contributed by atoms with Gasteiger partial charge in [0.2, 0.25) is 0 Å². The molecular formula is C22H22ClN3O3. The van der Waals surface area contributed by atoms with Gasteiger partial charge in [0.15, 0.2) is 0 Å². The van der Waals surface area contributed by atoms with Crippen molar-refractivity contribution in [1.82, 2.24) is 14.9 Å². The molecule has 0 spiro atoms. The Kier molecular flexibility index (Phi) is 5.39. The molecule has 150 valence electrons. The maximum Gasteiger partial charge on any atom is 0.337 e. The number of nitrogens with zero attached hydrogens (tertiary/aromatic N) is 2. The second-order valence-electron chi connectivity index (χ2n) is 7.37. The highest BCUT2D eigenvalue weighted by Gasteiger charge is 2.33. The van der Waals surface area contributed by atoms with Gasteiger partial charge in [0.1, 0.15) is 5.82 Å². The molecule has 6 nitrogen and oxygen atoms in total. The quantitative estimate of drug-likeness (QED) is 0.618. The summed E-state index contributed by atoms with van der Waals surface area (Å²) in [6.45, 7) is 2.66. The lowest BCUT2D eigenvalue weighted by Crippen LogP contribution is -2.30. The topological polar surface area (TPSA) is 75.3 Å². The van der Waals surface area contributed by atoms with E-state index in [0.717, 1.165) is 18.4 Å². The van der Waals surface area contributed by atoms with Crippen LogP contribution in [0.1, 0.15) is 47.6 Å². The molecular weight excluding hydrogens is 390 g/mol. The summed E-state index contributed by atoms with van der Waals surface area (Å²) in [6, 6.07) is 13.2. The standard InChI is InChI=1S/C22H22ClN3O3/c1-13(14-3-6-16(23)7-4-14)26(17-8-9-17)12-20-24-19-11-15(22(28)29-2)5-10-18(19)21(27)25-20/h3-7,10-11,13,17H,8-9,12H2,1-2H3,(H,24,25,27). The van der Waals surface area contributed by atoms with E-state index in [-0.39, 0.29) is 11.6 Å². The molecule has 7 heteroatoms. The Bertz CT molecular complexity index is 1110. The van der Waals surface area contributed by atoms with Gasteiger partial charge in [-0.15, -0.1) is 0 Å². The van der Waals surface area contributed by atoms with Crippen LogP contribution in [0.4, 0.5) is 0 Å². The number of fused-ring (bicyclic) bond motifs is 1. The van der Waals surface area contributed by atoms with E-state index in [9.17, 15) is 9.59 Å². The molecule has 29 heavy (non-hydrogen) atoms. The van der Waals surface area contributed by atoms with E-state index < -0.39 is 5.97 Å². The van der Waals surface area contributed by atoms with Crippen molar-refractivity contribution in [3.05, 3.63) is 74.8 Å². The van der Waals surface area contributed by atoms with E-state index in [1.54, 1.807) is 18.2 Å². The van der Waals surface area contributed by atoms with Crippen LogP contribution in [-0.2, 0) is 11.3 Å². The highest BCUT2D eigenvalue weighted by atomic mass is 35.5. The van der Waals surface area contributed by atoms with Crippen molar-refractivity contribution < 1.29 is 9.53 Å². The van der Waals surface area contributed by atoms with Gasteiger partial charge in [-0.05, 0) is 55.7 Å². The molecule has 3 aromatic rings. The summed E-state index contributed by atoms with van der Waals surface area (Å²) < 4.78 is 4.77. The van der Waals surface area contributed by atoms with E-state index in [0.29, 0.717) is 39.9 Å². The number of benzene rings is 2. The predicted octanol–water partition coefficient (Wildman–Crippen LogP) is 4.09. The summed E-state index contributed by atoms with van der Waals surface area (Å²) in [5, 5.41) is 1.16. The third kappa shape index (κ3) is 4.18.